The Morgan fingerprint density at radius 1 is 0.690 bits per heavy atom. The molecule has 3 heterocycles. The Balaban J connectivity index is 1.27. The molecule has 0 N–H and O–H groups in total. The van der Waals surface area contributed by atoms with Gasteiger partial charge in [-0.1, -0.05) is 39.3 Å². The molecule has 0 saturated carbocycles. The first-order valence-electron chi connectivity index (χ1n) is 15.0. The van der Waals surface area contributed by atoms with Gasteiger partial charge in [0, 0.05) is 53.8 Å². The highest BCUT2D eigenvalue weighted by atomic mass is 28.3. The molecular formula is C31H46N6O3Si2. The third-order valence-electron chi connectivity index (χ3n) is 7.91. The van der Waals surface area contributed by atoms with Gasteiger partial charge in [0.1, 0.15) is 25.1 Å². The van der Waals surface area contributed by atoms with Gasteiger partial charge in [0.05, 0.1) is 22.1 Å². The molecule has 1 aliphatic heterocycles. The average molecular weight is 607 g/mol. The summed E-state index contributed by atoms with van der Waals surface area (Å²) in [5.41, 5.74) is 5.51. The number of benzene rings is 2. The number of hydrogen-bond acceptors (Lipinski definition) is 5. The molecule has 0 atom stereocenters. The number of nitrogens with zero attached hydrogens (tertiary/aromatic N) is 6. The van der Waals surface area contributed by atoms with Crippen LogP contribution in [0.25, 0.3) is 22.1 Å². The Morgan fingerprint density at radius 2 is 1.10 bits per heavy atom. The van der Waals surface area contributed by atoms with Gasteiger partial charge >= 0.3 is 6.03 Å². The van der Waals surface area contributed by atoms with Crippen molar-refractivity contribution in [3.8, 4) is 0 Å². The third-order valence-corrected chi connectivity index (χ3v) is 11.3. The van der Waals surface area contributed by atoms with E-state index in [2.05, 4.69) is 60.5 Å². The van der Waals surface area contributed by atoms with Crippen molar-refractivity contribution in [3.05, 3.63) is 48.0 Å². The van der Waals surface area contributed by atoms with Crippen molar-refractivity contribution in [2.75, 3.05) is 36.1 Å². The number of carbonyl (C=O) groups is 1. The van der Waals surface area contributed by atoms with E-state index in [4.69, 9.17) is 19.4 Å². The SMILES string of the molecule is Cc1nc2cc(N3CCN(c4ccc5c(c4)nc(C)n5COCC[Si](C)(C)C)C3=O)ccc2n1COCC[Si](C)(C)C. The van der Waals surface area contributed by atoms with Crippen molar-refractivity contribution >= 4 is 55.6 Å². The fourth-order valence-corrected chi connectivity index (χ4v) is 6.74. The van der Waals surface area contributed by atoms with Crippen LogP contribution in [0.15, 0.2) is 36.4 Å². The lowest BCUT2D eigenvalue weighted by Crippen LogP contribution is -2.31. The summed E-state index contributed by atoms with van der Waals surface area (Å²) < 4.78 is 16.2. The van der Waals surface area contributed by atoms with Crippen molar-refractivity contribution < 1.29 is 14.3 Å². The van der Waals surface area contributed by atoms with Gasteiger partial charge in [0.2, 0.25) is 0 Å². The van der Waals surface area contributed by atoms with Crippen molar-refractivity contribution in [1.82, 2.24) is 19.1 Å². The molecule has 4 aromatic rings. The number of anilines is 2. The largest absolute Gasteiger partial charge is 0.361 e. The number of amides is 2. The molecule has 0 radical (unpaired) electrons. The van der Waals surface area contributed by atoms with Crippen LogP contribution in [0.2, 0.25) is 51.4 Å². The molecule has 226 valence electrons. The van der Waals surface area contributed by atoms with Gasteiger partial charge in [-0.2, -0.15) is 0 Å². The van der Waals surface area contributed by atoms with Crippen molar-refractivity contribution in [1.29, 1.82) is 0 Å². The topological polar surface area (TPSA) is 77.7 Å². The van der Waals surface area contributed by atoms with E-state index in [9.17, 15) is 4.79 Å². The van der Waals surface area contributed by atoms with Crippen LogP contribution >= 0.6 is 0 Å². The van der Waals surface area contributed by atoms with Gasteiger partial charge in [-0.15, -0.1) is 0 Å². The predicted molar refractivity (Wildman–Crippen MR) is 177 cm³/mol. The molecule has 2 amide bonds. The molecule has 42 heavy (non-hydrogen) atoms. The minimum atomic E-state index is -1.13. The first kappa shape index (κ1) is 30.5. The van der Waals surface area contributed by atoms with Gasteiger partial charge < -0.3 is 18.6 Å². The molecule has 9 nitrogen and oxygen atoms in total. The van der Waals surface area contributed by atoms with Gasteiger partial charge in [-0.25, -0.2) is 14.8 Å². The quantitative estimate of drug-likeness (QED) is 0.127. The molecule has 1 aliphatic rings. The highest BCUT2D eigenvalue weighted by Crippen LogP contribution is 2.30. The summed E-state index contributed by atoms with van der Waals surface area (Å²) in [7, 11) is -2.27. The highest BCUT2D eigenvalue weighted by molar-refractivity contribution is 6.76. The summed E-state index contributed by atoms with van der Waals surface area (Å²) in [6.07, 6.45) is 0. The van der Waals surface area contributed by atoms with Crippen LogP contribution in [0.1, 0.15) is 11.6 Å². The number of imidazole rings is 2. The number of rotatable bonds is 12. The first-order chi connectivity index (χ1) is 19.8. The summed E-state index contributed by atoms with van der Waals surface area (Å²) >= 11 is 0. The van der Waals surface area contributed by atoms with Gasteiger partial charge in [0.25, 0.3) is 0 Å². The van der Waals surface area contributed by atoms with E-state index >= 15 is 0 Å². The number of urea groups is 1. The number of aromatic nitrogens is 4. The van der Waals surface area contributed by atoms with Crippen LogP contribution in [0, 0.1) is 13.8 Å². The Labute approximate surface area is 251 Å². The van der Waals surface area contributed by atoms with Crippen LogP contribution in [0.5, 0.6) is 0 Å². The zero-order chi connectivity index (χ0) is 30.2. The molecule has 0 unspecified atom stereocenters. The predicted octanol–water partition coefficient (Wildman–Crippen LogP) is 7.07. The van der Waals surface area contributed by atoms with E-state index in [0.29, 0.717) is 26.6 Å². The molecule has 0 bridgehead atoms. The van der Waals surface area contributed by atoms with E-state index in [1.807, 2.05) is 47.9 Å². The fraction of sp³-hybridized carbons (Fsp3) is 0.516. The van der Waals surface area contributed by atoms with Crippen LogP contribution in [-0.2, 0) is 22.9 Å². The average Bonchev–Trinajstić information content (AvgIpc) is 3.54. The number of ether oxygens (including phenoxy) is 2. The Morgan fingerprint density at radius 3 is 1.48 bits per heavy atom. The van der Waals surface area contributed by atoms with E-state index in [-0.39, 0.29) is 6.03 Å². The lowest BCUT2D eigenvalue weighted by Gasteiger charge is -2.19. The molecule has 1 saturated heterocycles. The smallest absolute Gasteiger partial charge is 0.329 e. The summed E-state index contributed by atoms with van der Waals surface area (Å²) in [6.45, 7) is 21.9. The maximum atomic E-state index is 13.6. The molecule has 0 aliphatic carbocycles. The second-order valence-corrected chi connectivity index (χ2v) is 25.0. The molecule has 2 aromatic carbocycles. The minimum Gasteiger partial charge on any atom is -0.361 e. The summed E-state index contributed by atoms with van der Waals surface area (Å²) in [4.78, 5) is 26.8. The summed E-state index contributed by atoms with van der Waals surface area (Å²) in [5, 5.41) is 0. The first-order valence-corrected chi connectivity index (χ1v) is 22.4. The van der Waals surface area contributed by atoms with Crippen LogP contribution in [0.4, 0.5) is 16.2 Å². The number of fused-ring (bicyclic) bond motifs is 2. The van der Waals surface area contributed by atoms with Gasteiger partial charge in [-0.05, 0) is 62.3 Å². The zero-order valence-electron chi connectivity index (χ0n) is 26.5. The van der Waals surface area contributed by atoms with Crippen LogP contribution in [0.3, 0.4) is 0 Å². The van der Waals surface area contributed by atoms with E-state index in [1.54, 1.807) is 0 Å². The van der Waals surface area contributed by atoms with Crippen molar-refractivity contribution in [2.24, 2.45) is 0 Å². The van der Waals surface area contributed by atoms with Gasteiger partial charge in [-0.3, -0.25) is 9.80 Å². The molecule has 5 rings (SSSR count). The molecular weight excluding hydrogens is 561 g/mol. The normalized spacial score (nSPS) is 14.7. The maximum Gasteiger partial charge on any atom is 0.329 e. The molecule has 0 spiro atoms. The maximum absolute atomic E-state index is 13.6. The second kappa shape index (κ2) is 11.9. The van der Waals surface area contributed by atoms with E-state index < -0.39 is 16.1 Å². The molecule has 2 aromatic heterocycles. The minimum absolute atomic E-state index is 0.0367. The summed E-state index contributed by atoms with van der Waals surface area (Å²) in [5.74, 6) is 1.82. The number of carbonyl (C=O) groups excluding carboxylic acids is 1. The Kier molecular flexibility index (Phi) is 8.66. The van der Waals surface area contributed by atoms with Crippen molar-refractivity contribution in [2.45, 2.75) is 78.7 Å². The monoisotopic (exact) mass is 606 g/mol. The van der Waals surface area contributed by atoms with Crippen LogP contribution < -0.4 is 9.80 Å². The van der Waals surface area contributed by atoms with E-state index in [0.717, 1.165) is 70.4 Å². The second-order valence-electron chi connectivity index (χ2n) is 13.8. The molecule has 11 heteroatoms. The van der Waals surface area contributed by atoms with Crippen molar-refractivity contribution in [3.63, 3.8) is 0 Å². The zero-order valence-corrected chi connectivity index (χ0v) is 28.5. The van der Waals surface area contributed by atoms with Gasteiger partial charge in [0.15, 0.2) is 0 Å². The Bertz CT molecular complexity index is 1470. The lowest BCUT2D eigenvalue weighted by atomic mass is 10.2. The lowest BCUT2D eigenvalue weighted by molar-refractivity contribution is 0.0884. The highest BCUT2D eigenvalue weighted by Gasteiger charge is 2.31. The summed E-state index contributed by atoms with van der Waals surface area (Å²) in [6, 6.07) is 14.4. The number of hydrogen-bond donors (Lipinski definition) is 0. The standard InChI is InChI=1S/C31H46N6O3Si2/c1-23-32-27-19-25(9-11-29(27)36(23)21-39-15-17-41(3,4)5)34-13-14-35(31(34)38)26-10-12-30-28(20-26)33-24(2)37(30)22-40-16-18-42(6,7)8/h9-12,19-20H,13-18,21-22H2,1-8H3. The Hall–Kier alpha value is -3.00. The fourth-order valence-electron chi connectivity index (χ4n) is 5.22. The van der Waals surface area contributed by atoms with E-state index in [1.165, 1.54) is 0 Å². The number of aryl methyl sites for hydroxylation is 2. The third kappa shape index (κ3) is 6.80. The van der Waals surface area contributed by atoms with Crippen LogP contribution in [-0.4, -0.2) is 67.6 Å². The molecule has 1 fully saturated rings.